The molecule has 25 heavy (non-hydrogen) atoms. The molecule has 0 radical (unpaired) electrons. The number of nitrogens with one attached hydrogen (secondary N) is 2. The molecule has 3 rings (SSSR count). The maximum absolute atomic E-state index is 11.8. The smallest absolute Gasteiger partial charge is 0.261 e. The van der Waals surface area contributed by atoms with E-state index < -0.39 is 0 Å². The van der Waals surface area contributed by atoms with E-state index >= 15 is 0 Å². The number of carbonyl (C=O) groups is 2. The quantitative estimate of drug-likeness (QED) is 0.596. The largest absolute Gasteiger partial charge is 0.356 e. The van der Waals surface area contributed by atoms with Gasteiger partial charge in [0.25, 0.3) is 5.91 Å². The Morgan fingerprint density at radius 3 is 2.72 bits per heavy atom. The number of para-hydroxylation sites is 1. The molecule has 2 heterocycles. The lowest BCUT2D eigenvalue weighted by atomic mass is 10.3. The molecule has 0 bridgehead atoms. The molecule has 2 N–H and O–H groups in total. The van der Waals surface area contributed by atoms with Crippen LogP contribution in [-0.4, -0.2) is 29.9 Å². The fourth-order valence-electron chi connectivity index (χ4n) is 2.37. The number of hydrogen-bond acceptors (Lipinski definition) is 5. The van der Waals surface area contributed by atoms with Crippen molar-refractivity contribution in [3.8, 4) is 0 Å². The van der Waals surface area contributed by atoms with Gasteiger partial charge in [-0.25, -0.2) is 4.98 Å². The molecule has 0 aliphatic rings. The number of thiophene rings is 1. The van der Waals surface area contributed by atoms with Crippen molar-refractivity contribution in [2.45, 2.75) is 19.3 Å². The monoisotopic (exact) mass is 373 g/mol. The van der Waals surface area contributed by atoms with Gasteiger partial charge in [-0.05, 0) is 30.0 Å². The van der Waals surface area contributed by atoms with E-state index in [9.17, 15) is 9.59 Å². The summed E-state index contributed by atoms with van der Waals surface area (Å²) in [6.07, 6.45) is 2.00. The average molecular weight is 374 g/mol. The number of aromatic nitrogens is 1. The molecule has 0 saturated carbocycles. The van der Waals surface area contributed by atoms with Crippen LogP contribution in [0.1, 0.15) is 27.5 Å². The number of fused-ring (bicyclic) bond motifs is 1. The fraction of sp³-hybridized carbons (Fsp3) is 0.278. The Labute approximate surface area is 154 Å². The number of rotatable bonds is 8. The predicted octanol–water partition coefficient (Wildman–Crippen LogP) is 3.23. The van der Waals surface area contributed by atoms with Gasteiger partial charge in [0.05, 0.1) is 20.1 Å². The summed E-state index contributed by atoms with van der Waals surface area (Å²) in [5.74, 6) is -0.172. The molecular formula is C18H19N3O2S2. The van der Waals surface area contributed by atoms with Crippen molar-refractivity contribution in [3.05, 3.63) is 51.7 Å². The van der Waals surface area contributed by atoms with Crippen molar-refractivity contribution in [1.29, 1.82) is 0 Å². The first-order valence-electron chi connectivity index (χ1n) is 8.15. The average Bonchev–Trinajstić information content (AvgIpc) is 3.27. The van der Waals surface area contributed by atoms with Crippen molar-refractivity contribution in [2.75, 3.05) is 13.1 Å². The summed E-state index contributed by atoms with van der Waals surface area (Å²) < 4.78 is 1.20. The van der Waals surface area contributed by atoms with E-state index in [2.05, 4.69) is 21.7 Å². The Hall–Kier alpha value is -2.25. The Morgan fingerprint density at radius 1 is 1.04 bits per heavy atom. The van der Waals surface area contributed by atoms with E-state index in [1.807, 2.05) is 29.6 Å². The lowest BCUT2D eigenvalue weighted by Crippen LogP contribution is -2.31. The zero-order valence-electron chi connectivity index (χ0n) is 13.7. The first kappa shape index (κ1) is 17.6. The van der Waals surface area contributed by atoms with Crippen LogP contribution in [0.15, 0.2) is 41.8 Å². The molecule has 0 spiro atoms. The highest BCUT2D eigenvalue weighted by Gasteiger charge is 2.07. The molecule has 2 amide bonds. The number of nitrogens with zero attached hydrogens (tertiary/aromatic N) is 1. The van der Waals surface area contributed by atoms with Gasteiger partial charge in [-0.3, -0.25) is 9.59 Å². The maximum atomic E-state index is 11.8. The standard InChI is InChI=1S/C18H19N3O2S2/c22-16(9-11-20-18(23)15-7-4-12-24-15)19-10-3-8-17-21-13-5-1-2-6-14(13)25-17/h1-2,4-7,12H,3,8-11H2,(H,19,22)(H,20,23). The fourth-order valence-corrected chi connectivity index (χ4v) is 4.02. The molecule has 0 aliphatic carbocycles. The molecule has 0 saturated heterocycles. The van der Waals surface area contributed by atoms with Gasteiger partial charge in [-0.2, -0.15) is 0 Å². The number of hydrogen-bond donors (Lipinski definition) is 2. The van der Waals surface area contributed by atoms with Gasteiger partial charge < -0.3 is 10.6 Å². The SMILES string of the molecule is O=C(CCNC(=O)c1cccs1)NCCCc1nc2ccccc2s1. The number of benzene rings is 1. The molecule has 0 fully saturated rings. The number of carbonyl (C=O) groups excluding carboxylic acids is 2. The van der Waals surface area contributed by atoms with Crippen LogP contribution < -0.4 is 10.6 Å². The van der Waals surface area contributed by atoms with Crippen molar-refractivity contribution in [3.63, 3.8) is 0 Å². The lowest BCUT2D eigenvalue weighted by molar-refractivity contribution is -0.120. The third kappa shape index (κ3) is 5.11. The summed E-state index contributed by atoms with van der Waals surface area (Å²) in [6, 6.07) is 11.7. The highest BCUT2D eigenvalue weighted by Crippen LogP contribution is 2.22. The molecule has 3 aromatic rings. The molecule has 0 aliphatic heterocycles. The van der Waals surface area contributed by atoms with E-state index in [1.54, 1.807) is 17.4 Å². The van der Waals surface area contributed by atoms with Crippen LogP contribution in [0, 0.1) is 0 Å². The third-order valence-electron chi connectivity index (χ3n) is 3.61. The van der Waals surface area contributed by atoms with Gasteiger partial charge in [0.15, 0.2) is 0 Å². The first-order chi connectivity index (χ1) is 12.2. The molecule has 7 heteroatoms. The normalized spacial score (nSPS) is 10.7. The third-order valence-corrected chi connectivity index (χ3v) is 5.58. The minimum Gasteiger partial charge on any atom is -0.356 e. The number of thiazole rings is 1. The van der Waals surface area contributed by atoms with E-state index in [-0.39, 0.29) is 18.2 Å². The highest BCUT2D eigenvalue weighted by atomic mass is 32.1. The molecule has 2 aromatic heterocycles. The summed E-state index contributed by atoms with van der Waals surface area (Å²) in [5.41, 5.74) is 1.04. The summed E-state index contributed by atoms with van der Waals surface area (Å²) in [7, 11) is 0. The second-order valence-electron chi connectivity index (χ2n) is 5.51. The molecule has 5 nitrogen and oxygen atoms in total. The van der Waals surface area contributed by atoms with Crippen LogP contribution in [0.5, 0.6) is 0 Å². The summed E-state index contributed by atoms with van der Waals surface area (Å²) in [4.78, 5) is 28.8. The van der Waals surface area contributed by atoms with Gasteiger partial charge in [-0.15, -0.1) is 22.7 Å². The van der Waals surface area contributed by atoms with E-state index in [1.165, 1.54) is 16.0 Å². The molecule has 130 valence electrons. The van der Waals surface area contributed by atoms with Crippen molar-refractivity contribution in [1.82, 2.24) is 15.6 Å². The van der Waals surface area contributed by atoms with Gasteiger partial charge in [0.1, 0.15) is 0 Å². The second kappa shape index (κ2) is 8.73. The summed E-state index contributed by atoms with van der Waals surface area (Å²) in [5, 5.41) is 8.58. The van der Waals surface area contributed by atoms with Gasteiger partial charge in [0.2, 0.25) is 5.91 Å². The molecular weight excluding hydrogens is 354 g/mol. The summed E-state index contributed by atoms with van der Waals surface area (Å²) in [6.45, 7) is 0.966. The molecule has 0 unspecified atom stereocenters. The Bertz CT molecular complexity index is 810. The Morgan fingerprint density at radius 2 is 1.92 bits per heavy atom. The van der Waals surface area contributed by atoms with Crippen molar-refractivity contribution in [2.24, 2.45) is 0 Å². The minimum absolute atomic E-state index is 0.0456. The second-order valence-corrected chi connectivity index (χ2v) is 7.57. The predicted molar refractivity (Wildman–Crippen MR) is 102 cm³/mol. The van der Waals surface area contributed by atoms with Crippen LogP contribution in [0.2, 0.25) is 0 Å². The zero-order valence-corrected chi connectivity index (χ0v) is 15.3. The van der Waals surface area contributed by atoms with Gasteiger partial charge >= 0.3 is 0 Å². The Kier molecular flexibility index (Phi) is 6.14. The molecule has 0 atom stereocenters. The summed E-state index contributed by atoms with van der Waals surface area (Å²) >= 11 is 3.09. The zero-order chi connectivity index (χ0) is 17.5. The minimum atomic E-state index is -0.126. The maximum Gasteiger partial charge on any atom is 0.261 e. The number of amides is 2. The van der Waals surface area contributed by atoms with Crippen LogP contribution >= 0.6 is 22.7 Å². The topological polar surface area (TPSA) is 71.1 Å². The Balaban J connectivity index is 1.30. The first-order valence-corrected chi connectivity index (χ1v) is 9.85. The van der Waals surface area contributed by atoms with Gasteiger partial charge in [0, 0.05) is 25.9 Å². The van der Waals surface area contributed by atoms with Crippen LogP contribution in [0.4, 0.5) is 0 Å². The molecule has 1 aromatic carbocycles. The van der Waals surface area contributed by atoms with Crippen molar-refractivity contribution >= 4 is 44.7 Å². The van der Waals surface area contributed by atoms with Crippen LogP contribution in [-0.2, 0) is 11.2 Å². The highest BCUT2D eigenvalue weighted by molar-refractivity contribution is 7.18. The van der Waals surface area contributed by atoms with Gasteiger partial charge in [-0.1, -0.05) is 18.2 Å². The lowest BCUT2D eigenvalue weighted by Gasteiger charge is -2.05. The van der Waals surface area contributed by atoms with E-state index in [0.717, 1.165) is 23.4 Å². The van der Waals surface area contributed by atoms with Crippen molar-refractivity contribution < 1.29 is 9.59 Å². The van der Waals surface area contributed by atoms with E-state index in [4.69, 9.17) is 0 Å². The van der Waals surface area contributed by atoms with Crippen LogP contribution in [0.3, 0.4) is 0 Å². The van der Waals surface area contributed by atoms with E-state index in [0.29, 0.717) is 18.0 Å². The number of aryl methyl sites for hydroxylation is 1. The van der Waals surface area contributed by atoms with Crippen LogP contribution in [0.25, 0.3) is 10.2 Å².